The van der Waals surface area contributed by atoms with Gasteiger partial charge in [-0.15, -0.1) is 11.3 Å². The third-order valence-corrected chi connectivity index (χ3v) is 4.44. The number of nitrogens with zero attached hydrogens (tertiary/aromatic N) is 2. The van der Waals surface area contributed by atoms with E-state index in [0.29, 0.717) is 22.3 Å². The lowest BCUT2D eigenvalue weighted by Crippen LogP contribution is -2.09. The van der Waals surface area contributed by atoms with Gasteiger partial charge in [0.1, 0.15) is 11.5 Å². The molecule has 5 nitrogen and oxygen atoms in total. The van der Waals surface area contributed by atoms with Crippen LogP contribution in [0.4, 0.5) is 14.5 Å². The highest BCUT2D eigenvalue weighted by molar-refractivity contribution is 7.07. The molecule has 8 heteroatoms. The Morgan fingerprint density at radius 3 is 2.84 bits per heavy atom. The van der Waals surface area contributed by atoms with Crippen molar-refractivity contribution in [1.82, 2.24) is 15.0 Å². The summed E-state index contributed by atoms with van der Waals surface area (Å²) in [6, 6.07) is 3.77. The number of hydrogen-bond acceptors (Lipinski definition) is 5. The highest BCUT2D eigenvalue weighted by Gasteiger charge is 2.24. The van der Waals surface area contributed by atoms with Crippen molar-refractivity contribution in [3.05, 3.63) is 64.2 Å². The molecule has 0 amide bonds. The summed E-state index contributed by atoms with van der Waals surface area (Å²) in [5.74, 6) is -2.83. The Kier molecular flexibility index (Phi) is 3.54. The second-order valence-corrected chi connectivity index (χ2v) is 6.07. The monoisotopic (exact) mass is 356 g/mol. The summed E-state index contributed by atoms with van der Waals surface area (Å²) >= 11 is 1.43. The Bertz CT molecular complexity index is 1110. The van der Waals surface area contributed by atoms with Gasteiger partial charge in [-0.2, -0.15) is 0 Å². The number of nitrogens with one attached hydrogen (secondary N) is 1. The summed E-state index contributed by atoms with van der Waals surface area (Å²) in [5, 5.41) is 2.30. The van der Waals surface area contributed by atoms with Crippen LogP contribution in [-0.4, -0.2) is 20.7 Å². The minimum atomic E-state index is -1.07. The number of anilines is 1. The second-order valence-electron chi connectivity index (χ2n) is 5.35. The zero-order valence-corrected chi connectivity index (χ0v) is 13.4. The van der Waals surface area contributed by atoms with Crippen molar-refractivity contribution in [2.45, 2.75) is 0 Å². The predicted octanol–water partition coefficient (Wildman–Crippen LogP) is 3.78. The van der Waals surface area contributed by atoms with Crippen LogP contribution in [0.15, 0.2) is 41.5 Å². The summed E-state index contributed by atoms with van der Waals surface area (Å²) < 4.78 is 28.2. The number of carbonyl (C=O) groups is 1. The van der Waals surface area contributed by atoms with Gasteiger partial charge in [-0.25, -0.2) is 18.7 Å². The number of H-pyrrole nitrogens is 1. The number of nitrogen functional groups attached to an aromatic ring is 1. The standard InChI is InChI=1S/C17H10F2N4OS/c18-11-1-2-12(20)15(19)14(11)16(24)10-5-22-17-9(10)3-8(4-21-17)13-6-25-7-23-13/h1-7H,20H2,(H,21,22). The molecule has 0 aliphatic carbocycles. The van der Waals surface area contributed by atoms with Gasteiger partial charge in [-0.05, 0) is 18.2 Å². The number of aromatic amines is 1. The number of rotatable bonds is 3. The lowest BCUT2D eigenvalue weighted by molar-refractivity contribution is 0.103. The number of nitrogens with two attached hydrogens (primary N) is 1. The fraction of sp³-hybridized carbons (Fsp3) is 0. The van der Waals surface area contributed by atoms with Gasteiger partial charge in [0.25, 0.3) is 0 Å². The largest absolute Gasteiger partial charge is 0.396 e. The topological polar surface area (TPSA) is 84.7 Å². The number of carbonyl (C=O) groups excluding carboxylic acids is 1. The number of hydrogen-bond donors (Lipinski definition) is 2. The lowest BCUT2D eigenvalue weighted by atomic mass is 10.0. The van der Waals surface area contributed by atoms with E-state index in [0.717, 1.165) is 12.1 Å². The summed E-state index contributed by atoms with van der Waals surface area (Å²) in [6.07, 6.45) is 3.00. The van der Waals surface area contributed by atoms with Gasteiger partial charge in [0, 0.05) is 34.3 Å². The Morgan fingerprint density at radius 1 is 1.24 bits per heavy atom. The number of fused-ring (bicyclic) bond motifs is 1. The van der Waals surface area contributed by atoms with Crippen molar-refractivity contribution in [3.8, 4) is 11.3 Å². The van der Waals surface area contributed by atoms with Crippen molar-refractivity contribution in [3.63, 3.8) is 0 Å². The van der Waals surface area contributed by atoms with Crippen LogP contribution in [0.5, 0.6) is 0 Å². The summed E-state index contributed by atoms with van der Waals surface area (Å²) in [7, 11) is 0. The van der Waals surface area contributed by atoms with Crippen LogP contribution in [0.25, 0.3) is 22.3 Å². The first-order chi connectivity index (χ1) is 12.1. The second kappa shape index (κ2) is 5.75. The molecule has 3 aromatic heterocycles. The first kappa shape index (κ1) is 15.4. The molecule has 3 heterocycles. The molecule has 0 saturated carbocycles. The van der Waals surface area contributed by atoms with E-state index in [1.165, 1.54) is 17.5 Å². The molecule has 1 aromatic carbocycles. The predicted molar refractivity (Wildman–Crippen MR) is 91.4 cm³/mol. The van der Waals surface area contributed by atoms with Gasteiger partial charge in [0.2, 0.25) is 5.78 Å². The van der Waals surface area contributed by atoms with Crippen LogP contribution in [0.2, 0.25) is 0 Å². The Morgan fingerprint density at radius 2 is 2.08 bits per heavy atom. The summed E-state index contributed by atoms with van der Waals surface area (Å²) in [4.78, 5) is 24.0. The number of halogens is 2. The average molecular weight is 356 g/mol. The van der Waals surface area contributed by atoms with Gasteiger partial charge in [0.15, 0.2) is 5.82 Å². The molecule has 25 heavy (non-hydrogen) atoms. The van der Waals surface area contributed by atoms with Crippen molar-refractivity contribution < 1.29 is 13.6 Å². The van der Waals surface area contributed by atoms with E-state index < -0.39 is 23.0 Å². The van der Waals surface area contributed by atoms with E-state index in [4.69, 9.17) is 5.73 Å². The van der Waals surface area contributed by atoms with Crippen LogP contribution < -0.4 is 5.73 Å². The average Bonchev–Trinajstić information content (AvgIpc) is 3.27. The molecule has 0 aliphatic rings. The highest BCUT2D eigenvalue weighted by atomic mass is 32.1. The maximum atomic E-state index is 14.2. The van der Waals surface area contributed by atoms with Gasteiger partial charge >= 0.3 is 0 Å². The van der Waals surface area contributed by atoms with E-state index in [2.05, 4.69) is 15.0 Å². The lowest BCUT2D eigenvalue weighted by Gasteiger charge is -2.06. The highest BCUT2D eigenvalue weighted by Crippen LogP contribution is 2.28. The number of aromatic nitrogens is 3. The molecule has 0 aliphatic heterocycles. The smallest absolute Gasteiger partial charge is 0.201 e. The van der Waals surface area contributed by atoms with Crippen LogP contribution in [0.3, 0.4) is 0 Å². The zero-order valence-electron chi connectivity index (χ0n) is 12.6. The van der Waals surface area contributed by atoms with Gasteiger partial charge in [-0.3, -0.25) is 4.79 Å². The molecule has 0 unspecified atom stereocenters. The van der Waals surface area contributed by atoms with E-state index in [-0.39, 0.29) is 11.3 Å². The van der Waals surface area contributed by atoms with Crippen molar-refractivity contribution >= 4 is 33.8 Å². The van der Waals surface area contributed by atoms with E-state index in [1.807, 2.05) is 5.38 Å². The Balaban J connectivity index is 1.89. The molecule has 0 atom stereocenters. The Hall–Kier alpha value is -3.13. The van der Waals surface area contributed by atoms with Crippen LogP contribution >= 0.6 is 11.3 Å². The third kappa shape index (κ3) is 2.47. The molecular formula is C17H10F2N4OS. The Labute approximate surface area is 144 Å². The SMILES string of the molecule is Nc1ccc(F)c(C(=O)c2c[nH]c3ncc(-c4cscn4)cc23)c1F. The van der Waals surface area contributed by atoms with E-state index in [9.17, 15) is 13.6 Å². The molecule has 3 N–H and O–H groups in total. The van der Waals surface area contributed by atoms with Crippen molar-refractivity contribution in [1.29, 1.82) is 0 Å². The van der Waals surface area contributed by atoms with Crippen LogP contribution in [0.1, 0.15) is 15.9 Å². The molecule has 0 bridgehead atoms. The van der Waals surface area contributed by atoms with Crippen molar-refractivity contribution in [2.75, 3.05) is 5.73 Å². The van der Waals surface area contributed by atoms with Gasteiger partial charge in [-0.1, -0.05) is 0 Å². The van der Waals surface area contributed by atoms with E-state index >= 15 is 0 Å². The maximum absolute atomic E-state index is 14.2. The minimum absolute atomic E-state index is 0.114. The van der Waals surface area contributed by atoms with Crippen LogP contribution in [0, 0.1) is 11.6 Å². The van der Waals surface area contributed by atoms with Gasteiger partial charge < -0.3 is 10.7 Å². The normalized spacial score (nSPS) is 11.1. The number of ketones is 1. The van der Waals surface area contributed by atoms with Crippen molar-refractivity contribution in [2.24, 2.45) is 0 Å². The molecule has 124 valence electrons. The summed E-state index contributed by atoms with van der Waals surface area (Å²) in [5.41, 5.74) is 8.14. The zero-order chi connectivity index (χ0) is 17.6. The third-order valence-electron chi connectivity index (χ3n) is 3.85. The first-order valence-electron chi connectivity index (χ1n) is 7.20. The molecule has 4 rings (SSSR count). The van der Waals surface area contributed by atoms with Gasteiger partial charge in [0.05, 0.1) is 22.5 Å². The molecule has 0 saturated heterocycles. The fourth-order valence-corrected chi connectivity index (χ4v) is 3.16. The molecule has 4 aromatic rings. The fourth-order valence-electron chi connectivity index (χ4n) is 2.60. The molecular weight excluding hydrogens is 346 g/mol. The quantitative estimate of drug-likeness (QED) is 0.432. The van der Waals surface area contributed by atoms with E-state index in [1.54, 1.807) is 17.8 Å². The summed E-state index contributed by atoms with van der Waals surface area (Å²) in [6.45, 7) is 0. The molecule has 0 radical (unpaired) electrons. The number of thiazole rings is 1. The minimum Gasteiger partial charge on any atom is -0.396 e. The molecule has 0 spiro atoms. The van der Waals surface area contributed by atoms with Crippen LogP contribution in [-0.2, 0) is 0 Å². The molecule has 0 fully saturated rings. The first-order valence-corrected chi connectivity index (χ1v) is 8.14. The number of benzene rings is 1. The maximum Gasteiger partial charge on any atom is 0.201 e. The number of pyridine rings is 1.